The molecule has 1 fully saturated rings. The highest BCUT2D eigenvalue weighted by Crippen LogP contribution is 2.23. The standard InChI is InChI=1S/C19H29ClN4O.HI/c1-21-19(24(2)14-16-10-6-7-11-17(16)20)23-13-12-22-18(25)15-8-4-3-5-9-15;/h6-7,10-11,15H,3-5,8-9,12-14H2,1-2H3,(H,21,23)(H,22,25);1H. The van der Waals surface area contributed by atoms with Crippen LogP contribution >= 0.6 is 35.6 Å². The number of guanidine groups is 1. The summed E-state index contributed by atoms with van der Waals surface area (Å²) in [5.74, 6) is 1.18. The van der Waals surface area contributed by atoms with E-state index < -0.39 is 0 Å². The van der Waals surface area contributed by atoms with E-state index in [2.05, 4.69) is 15.6 Å². The van der Waals surface area contributed by atoms with Gasteiger partial charge in [0.1, 0.15) is 0 Å². The van der Waals surface area contributed by atoms with Gasteiger partial charge in [-0.2, -0.15) is 0 Å². The van der Waals surface area contributed by atoms with Crippen LogP contribution in [-0.4, -0.2) is 44.0 Å². The summed E-state index contributed by atoms with van der Waals surface area (Å²) in [5, 5.41) is 7.07. The number of aliphatic imine (C=N–C) groups is 1. The van der Waals surface area contributed by atoms with E-state index in [-0.39, 0.29) is 35.8 Å². The first kappa shape index (κ1) is 23.0. The molecule has 0 spiro atoms. The van der Waals surface area contributed by atoms with Gasteiger partial charge in [0.15, 0.2) is 5.96 Å². The first-order valence-corrected chi connectivity index (χ1v) is 9.42. The van der Waals surface area contributed by atoms with Crippen LogP contribution in [0.3, 0.4) is 0 Å². The third-order valence-electron chi connectivity index (χ3n) is 4.62. The second-order valence-corrected chi connectivity index (χ2v) is 6.95. The molecule has 0 aromatic heterocycles. The molecule has 1 saturated carbocycles. The van der Waals surface area contributed by atoms with Crippen molar-refractivity contribution in [3.63, 3.8) is 0 Å². The molecule has 0 heterocycles. The van der Waals surface area contributed by atoms with Crippen molar-refractivity contribution < 1.29 is 4.79 Å². The highest BCUT2D eigenvalue weighted by Gasteiger charge is 2.20. The molecule has 0 bridgehead atoms. The van der Waals surface area contributed by atoms with Gasteiger partial charge in [0.25, 0.3) is 0 Å². The van der Waals surface area contributed by atoms with Crippen LogP contribution in [0.4, 0.5) is 0 Å². The van der Waals surface area contributed by atoms with E-state index in [0.717, 1.165) is 29.4 Å². The van der Waals surface area contributed by atoms with Crippen LogP contribution in [-0.2, 0) is 11.3 Å². The first-order chi connectivity index (χ1) is 12.1. The van der Waals surface area contributed by atoms with Crippen molar-refractivity contribution in [2.75, 3.05) is 27.2 Å². The van der Waals surface area contributed by atoms with Gasteiger partial charge in [-0.3, -0.25) is 9.79 Å². The first-order valence-electron chi connectivity index (χ1n) is 9.04. The lowest BCUT2D eigenvalue weighted by atomic mass is 9.89. The summed E-state index contributed by atoms with van der Waals surface area (Å²) >= 11 is 6.22. The smallest absolute Gasteiger partial charge is 0.223 e. The average Bonchev–Trinajstić information content (AvgIpc) is 2.64. The number of hydrogen-bond acceptors (Lipinski definition) is 2. The molecule has 2 N–H and O–H groups in total. The predicted octanol–water partition coefficient (Wildman–Crippen LogP) is 3.66. The molecule has 146 valence electrons. The van der Waals surface area contributed by atoms with Gasteiger partial charge in [0, 0.05) is 44.7 Å². The Morgan fingerprint density at radius 3 is 2.50 bits per heavy atom. The Morgan fingerprint density at radius 1 is 1.19 bits per heavy atom. The maximum Gasteiger partial charge on any atom is 0.223 e. The number of rotatable bonds is 6. The Morgan fingerprint density at radius 2 is 1.85 bits per heavy atom. The van der Waals surface area contributed by atoms with Gasteiger partial charge in [-0.1, -0.05) is 49.1 Å². The van der Waals surface area contributed by atoms with Crippen LogP contribution in [0, 0.1) is 5.92 Å². The Bertz CT molecular complexity index is 591. The van der Waals surface area contributed by atoms with Crippen LogP contribution < -0.4 is 10.6 Å². The minimum absolute atomic E-state index is 0. The number of nitrogens with one attached hydrogen (secondary N) is 2. The number of amides is 1. The lowest BCUT2D eigenvalue weighted by Crippen LogP contribution is -2.43. The lowest BCUT2D eigenvalue weighted by Gasteiger charge is -2.23. The van der Waals surface area contributed by atoms with Crippen molar-refractivity contribution in [3.05, 3.63) is 34.9 Å². The largest absolute Gasteiger partial charge is 0.354 e. The third-order valence-corrected chi connectivity index (χ3v) is 4.99. The van der Waals surface area contributed by atoms with E-state index in [1.165, 1.54) is 19.3 Å². The molecule has 1 aliphatic carbocycles. The zero-order valence-electron chi connectivity index (χ0n) is 15.6. The normalized spacial score (nSPS) is 15.1. The molecule has 1 aromatic rings. The van der Waals surface area contributed by atoms with Crippen molar-refractivity contribution in [2.24, 2.45) is 10.9 Å². The van der Waals surface area contributed by atoms with Gasteiger partial charge in [-0.25, -0.2) is 0 Å². The fraction of sp³-hybridized carbons (Fsp3) is 0.579. The fourth-order valence-electron chi connectivity index (χ4n) is 3.21. The Labute approximate surface area is 179 Å². The molecule has 0 unspecified atom stereocenters. The van der Waals surface area contributed by atoms with Crippen molar-refractivity contribution in [1.82, 2.24) is 15.5 Å². The molecule has 26 heavy (non-hydrogen) atoms. The second-order valence-electron chi connectivity index (χ2n) is 6.55. The van der Waals surface area contributed by atoms with Crippen molar-refractivity contribution in [1.29, 1.82) is 0 Å². The summed E-state index contributed by atoms with van der Waals surface area (Å²) in [6.07, 6.45) is 5.67. The molecule has 7 heteroatoms. The minimum atomic E-state index is 0. The Hall–Kier alpha value is -1.02. The van der Waals surface area contributed by atoms with E-state index in [1.54, 1.807) is 7.05 Å². The predicted molar refractivity (Wildman–Crippen MR) is 119 cm³/mol. The Kier molecular flexibility index (Phi) is 11.0. The zero-order valence-corrected chi connectivity index (χ0v) is 18.7. The number of carbonyl (C=O) groups excluding carboxylic acids is 1. The number of benzene rings is 1. The number of halogens is 2. The SMILES string of the molecule is CN=C(NCCNC(=O)C1CCCCC1)N(C)Cc1ccccc1Cl.I. The van der Waals surface area contributed by atoms with E-state index >= 15 is 0 Å². The van der Waals surface area contributed by atoms with Crippen LogP contribution in [0.15, 0.2) is 29.3 Å². The number of hydrogen-bond donors (Lipinski definition) is 2. The Balaban J connectivity index is 0.00000338. The molecular weight excluding hydrogens is 463 g/mol. The van der Waals surface area contributed by atoms with Crippen LogP contribution in [0.25, 0.3) is 0 Å². The van der Waals surface area contributed by atoms with Gasteiger partial charge in [0.2, 0.25) is 5.91 Å². The number of nitrogens with zero attached hydrogens (tertiary/aromatic N) is 2. The monoisotopic (exact) mass is 492 g/mol. The maximum atomic E-state index is 12.1. The zero-order chi connectivity index (χ0) is 18.1. The molecule has 5 nitrogen and oxygen atoms in total. The van der Waals surface area contributed by atoms with Gasteiger partial charge in [-0.05, 0) is 24.5 Å². The summed E-state index contributed by atoms with van der Waals surface area (Å²) in [5.41, 5.74) is 1.06. The van der Waals surface area contributed by atoms with Crippen molar-refractivity contribution in [2.45, 2.75) is 38.6 Å². The summed E-state index contributed by atoms with van der Waals surface area (Å²) in [4.78, 5) is 18.4. The summed E-state index contributed by atoms with van der Waals surface area (Å²) in [6, 6.07) is 7.80. The molecule has 2 rings (SSSR count). The summed E-state index contributed by atoms with van der Waals surface area (Å²) < 4.78 is 0. The molecule has 1 aromatic carbocycles. The molecule has 0 radical (unpaired) electrons. The third kappa shape index (κ3) is 7.31. The highest BCUT2D eigenvalue weighted by molar-refractivity contribution is 14.0. The van der Waals surface area contributed by atoms with Gasteiger partial charge >= 0.3 is 0 Å². The van der Waals surface area contributed by atoms with Gasteiger partial charge in [0.05, 0.1) is 0 Å². The topological polar surface area (TPSA) is 56.7 Å². The van der Waals surface area contributed by atoms with Crippen LogP contribution in [0.5, 0.6) is 0 Å². The van der Waals surface area contributed by atoms with Crippen molar-refractivity contribution >= 4 is 47.4 Å². The van der Waals surface area contributed by atoms with Crippen molar-refractivity contribution in [3.8, 4) is 0 Å². The quantitative estimate of drug-likeness (QED) is 0.276. The lowest BCUT2D eigenvalue weighted by molar-refractivity contribution is -0.125. The van der Waals surface area contributed by atoms with Crippen LogP contribution in [0.2, 0.25) is 5.02 Å². The summed E-state index contributed by atoms with van der Waals surface area (Å²) in [6.45, 7) is 1.93. The minimum Gasteiger partial charge on any atom is -0.354 e. The number of carbonyl (C=O) groups is 1. The average molecular weight is 493 g/mol. The molecule has 0 aliphatic heterocycles. The second kappa shape index (κ2) is 12.4. The molecule has 1 amide bonds. The van der Waals surface area contributed by atoms with E-state index in [9.17, 15) is 4.79 Å². The van der Waals surface area contributed by atoms with E-state index in [1.807, 2.05) is 36.2 Å². The molecule has 0 atom stereocenters. The molecule has 0 saturated heterocycles. The van der Waals surface area contributed by atoms with Gasteiger partial charge < -0.3 is 15.5 Å². The van der Waals surface area contributed by atoms with E-state index in [4.69, 9.17) is 11.6 Å². The summed E-state index contributed by atoms with van der Waals surface area (Å²) in [7, 11) is 3.73. The fourth-order valence-corrected chi connectivity index (χ4v) is 3.41. The van der Waals surface area contributed by atoms with Gasteiger partial charge in [-0.15, -0.1) is 24.0 Å². The highest BCUT2D eigenvalue weighted by atomic mass is 127. The molecular formula is C19H30ClIN4O. The molecule has 1 aliphatic rings. The maximum absolute atomic E-state index is 12.1. The van der Waals surface area contributed by atoms with E-state index in [0.29, 0.717) is 19.6 Å². The van der Waals surface area contributed by atoms with Crippen LogP contribution in [0.1, 0.15) is 37.7 Å².